The molecule has 0 unspecified atom stereocenters. The number of carbonyl (C=O) groups is 1. The molecular weight excluding hydrogens is 212 g/mol. The minimum absolute atomic E-state index is 0.235. The fourth-order valence-electron chi connectivity index (χ4n) is 2.03. The van der Waals surface area contributed by atoms with Crippen LogP contribution in [0.15, 0.2) is 30.3 Å². The molecule has 0 aromatic heterocycles. The fraction of sp³-hybridized carbons (Fsp3) is 0.417. The molecule has 0 N–H and O–H groups in total. The molecule has 1 fully saturated rings. The van der Waals surface area contributed by atoms with Gasteiger partial charge >= 0.3 is 5.97 Å². The van der Waals surface area contributed by atoms with Crippen molar-refractivity contribution in [1.29, 1.82) is 0 Å². The molecule has 0 aliphatic heterocycles. The van der Waals surface area contributed by atoms with Gasteiger partial charge in [-0.3, -0.25) is 4.79 Å². The molecule has 1 saturated carbocycles. The molecule has 3 heteroatoms. The molecule has 1 aromatic rings. The van der Waals surface area contributed by atoms with Crippen molar-refractivity contribution >= 4 is 17.6 Å². The molecule has 0 saturated heterocycles. The number of hydrogen-bond acceptors (Lipinski definition) is 2. The first-order valence-electron chi connectivity index (χ1n) is 4.87. The van der Waals surface area contributed by atoms with Gasteiger partial charge < -0.3 is 4.74 Å². The zero-order valence-electron chi connectivity index (χ0n) is 8.79. The maximum Gasteiger partial charge on any atom is 0.313 e. The van der Waals surface area contributed by atoms with Gasteiger partial charge in [0.1, 0.15) is 0 Å². The van der Waals surface area contributed by atoms with Crippen LogP contribution in [0.1, 0.15) is 18.9 Å². The van der Waals surface area contributed by atoms with E-state index < -0.39 is 10.3 Å². The molecule has 0 heterocycles. The standard InChI is InChI=1S/C12H13ClO2/c1-11(10(14)15-2)8-12(11,13)9-6-4-3-5-7-9/h3-7H,8H2,1-2H3/t11-,12-/m1/s1. The topological polar surface area (TPSA) is 26.3 Å². The normalized spacial score (nSPS) is 33.5. The molecule has 2 atom stereocenters. The van der Waals surface area contributed by atoms with Gasteiger partial charge in [-0.1, -0.05) is 30.3 Å². The van der Waals surface area contributed by atoms with E-state index in [-0.39, 0.29) is 5.97 Å². The number of methoxy groups -OCH3 is 1. The van der Waals surface area contributed by atoms with Crippen LogP contribution >= 0.6 is 11.6 Å². The average molecular weight is 225 g/mol. The summed E-state index contributed by atoms with van der Waals surface area (Å²) in [5.41, 5.74) is 0.407. The number of benzene rings is 1. The Hall–Kier alpha value is -1.02. The number of alkyl halides is 1. The Morgan fingerprint density at radius 1 is 1.40 bits per heavy atom. The highest BCUT2D eigenvalue weighted by atomic mass is 35.5. The molecule has 2 rings (SSSR count). The molecule has 80 valence electrons. The van der Waals surface area contributed by atoms with Crippen LogP contribution in [0.3, 0.4) is 0 Å². The van der Waals surface area contributed by atoms with E-state index in [9.17, 15) is 4.79 Å². The lowest BCUT2D eigenvalue weighted by molar-refractivity contribution is -0.146. The minimum atomic E-state index is -0.582. The van der Waals surface area contributed by atoms with Crippen LogP contribution in [0.25, 0.3) is 0 Å². The van der Waals surface area contributed by atoms with Crippen LogP contribution in [-0.2, 0) is 14.4 Å². The zero-order chi connectivity index (χ0) is 11.1. The zero-order valence-corrected chi connectivity index (χ0v) is 9.54. The first kappa shape index (κ1) is 10.5. The third-order valence-electron chi connectivity index (χ3n) is 3.21. The Bertz CT molecular complexity index is 390. The van der Waals surface area contributed by atoms with E-state index in [1.54, 1.807) is 0 Å². The second-order valence-electron chi connectivity index (χ2n) is 4.17. The fourth-order valence-corrected chi connectivity index (χ4v) is 2.50. The SMILES string of the molecule is COC(=O)[C@@]1(C)C[C@@]1(Cl)c1ccccc1. The summed E-state index contributed by atoms with van der Waals surface area (Å²) in [7, 11) is 1.40. The Morgan fingerprint density at radius 3 is 2.53 bits per heavy atom. The summed E-state index contributed by atoms with van der Waals surface area (Å²) in [6, 6.07) is 9.68. The maximum absolute atomic E-state index is 11.6. The highest BCUT2D eigenvalue weighted by Gasteiger charge is 2.70. The first-order valence-corrected chi connectivity index (χ1v) is 5.25. The predicted octanol–water partition coefficient (Wildman–Crippen LogP) is 2.70. The van der Waals surface area contributed by atoms with E-state index in [4.69, 9.17) is 16.3 Å². The Kier molecular flexibility index (Phi) is 2.27. The Balaban J connectivity index is 2.31. The molecule has 2 nitrogen and oxygen atoms in total. The van der Waals surface area contributed by atoms with E-state index in [0.29, 0.717) is 6.42 Å². The highest BCUT2D eigenvalue weighted by Crippen LogP contribution is 2.67. The molecule has 15 heavy (non-hydrogen) atoms. The number of carbonyl (C=O) groups excluding carboxylic acids is 1. The van der Waals surface area contributed by atoms with Crippen LogP contribution in [0, 0.1) is 5.41 Å². The number of rotatable bonds is 2. The lowest BCUT2D eigenvalue weighted by Gasteiger charge is -2.14. The molecule has 0 radical (unpaired) electrons. The first-order chi connectivity index (χ1) is 7.04. The van der Waals surface area contributed by atoms with Gasteiger partial charge in [-0.15, -0.1) is 11.6 Å². The molecule has 0 amide bonds. The van der Waals surface area contributed by atoms with Crippen molar-refractivity contribution in [3.8, 4) is 0 Å². The molecule has 1 aliphatic carbocycles. The summed E-state index contributed by atoms with van der Waals surface area (Å²) < 4.78 is 4.77. The molecule has 1 aliphatic rings. The predicted molar refractivity (Wildman–Crippen MR) is 58.7 cm³/mol. The third kappa shape index (κ3) is 1.36. The lowest BCUT2D eigenvalue weighted by atomic mass is 10.0. The molecule has 0 spiro atoms. The third-order valence-corrected chi connectivity index (χ3v) is 3.98. The van der Waals surface area contributed by atoms with Gasteiger partial charge in [0, 0.05) is 0 Å². The summed E-state index contributed by atoms with van der Waals surface area (Å²) in [4.78, 5) is 11.0. The minimum Gasteiger partial charge on any atom is -0.469 e. The van der Waals surface area contributed by atoms with Gasteiger partial charge in [0.2, 0.25) is 0 Å². The van der Waals surface area contributed by atoms with Crippen molar-refractivity contribution in [2.24, 2.45) is 5.41 Å². The lowest BCUT2D eigenvalue weighted by Crippen LogP contribution is -2.21. The number of esters is 1. The van der Waals surface area contributed by atoms with E-state index in [1.165, 1.54) is 7.11 Å². The van der Waals surface area contributed by atoms with Gasteiger partial charge in [0.25, 0.3) is 0 Å². The monoisotopic (exact) mass is 224 g/mol. The van der Waals surface area contributed by atoms with Crippen LogP contribution in [-0.4, -0.2) is 13.1 Å². The summed E-state index contributed by atoms with van der Waals surface area (Å²) in [6.07, 6.45) is 0.637. The molecule has 0 bridgehead atoms. The second-order valence-corrected chi connectivity index (χ2v) is 4.81. The van der Waals surface area contributed by atoms with E-state index in [0.717, 1.165) is 5.56 Å². The van der Waals surface area contributed by atoms with Gasteiger partial charge in [-0.2, -0.15) is 0 Å². The summed E-state index contributed by atoms with van der Waals surface area (Å²) in [5, 5.41) is 0. The average Bonchev–Trinajstić information content (AvgIpc) is 2.85. The number of ether oxygens (including phenoxy) is 1. The van der Waals surface area contributed by atoms with Crippen molar-refractivity contribution in [1.82, 2.24) is 0 Å². The van der Waals surface area contributed by atoms with Gasteiger partial charge in [-0.05, 0) is 18.9 Å². The number of halogens is 1. The van der Waals surface area contributed by atoms with Crippen molar-refractivity contribution in [2.75, 3.05) is 7.11 Å². The summed E-state index contributed by atoms with van der Waals surface area (Å²) >= 11 is 6.45. The highest BCUT2D eigenvalue weighted by molar-refractivity contribution is 6.29. The van der Waals surface area contributed by atoms with Crippen LogP contribution in [0.5, 0.6) is 0 Å². The van der Waals surface area contributed by atoms with Crippen LogP contribution in [0.4, 0.5) is 0 Å². The molecular formula is C12H13ClO2. The Labute approximate surface area is 94.2 Å². The van der Waals surface area contributed by atoms with Gasteiger partial charge in [0.15, 0.2) is 0 Å². The van der Waals surface area contributed by atoms with Crippen molar-refractivity contribution in [3.05, 3.63) is 35.9 Å². The largest absolute Gasteiger partial charge is 0.469 e. The van der Waals surface area contributed by atoms with Crippen LogP contribution in [0.2, 0.25) is 0 Å². The molecule has 1 aromatic carbocycles. The van der Waals surface area contributed by atoms with E-state index >= 15 is 0 Å². The van der Waals surface area contributed by atoms with Crippen molar-refractivity contribution in [2.45, 2.75) is 18.2 Å². The van der Waals surface area contributed by atoms with Crippen molar-refractivity contribution < 1.29 is 9.53 Å². The van der Waals surface area contributed by atoms with Gasteiger partial charge in [0.05, 0.1) is 17.4 Å². The number of hydrogen-bond donors (Lipinski definition) is 0. The van der Waals surface area contributed by atoms with E-state index in [1.807, 2.05) is 37.3 Å². The summed E-state index contributed by atoms with van der Waals surface area (Å²) in [5.74, 6) is -0.235. The summed E-state index contributed by atoms with van der Waals surface area (Å²) in [6.45, 7) is 1.85. The van der Waals surface area contributed by atoms with Gasteiger partial charge in [-0.25, -0.2) is 0 Å². The second kappa shape index (κ2) is 3.24. The smallest absolute Gasteiger partial charge is 0.313 e. The van der Waals surface area contributed by atoms with E-state index in [2.05, 4.69) is 0 Å². The maximum atomic E-state index is 11.6. The van der Waals surface area contributed by atoms with Crippen molar-refractivity contribution in [3.63, 3.8) is 0 Å². The Morgan fingerprint density at radius 2 is 2.00 bits per heavy atom. The quantitative estimate of drug-likeness (QED) is 0.570. The van der Waals surface area contributed by atoms with Crippen LogP contribution < -0.4 is 0 Å².